The van der Waals surface area contributed by atoms with E-state index in [4.69, 9.17) is 16.7 Å². The maximum atomic E-state index is 12.8. The molecule has 0 aliphatic heterocycles. The molecule has 1 atom stereocenters. The van der Waals surface area contributed by atoms with Crippen LogP contribution in [0.1, 0.15) is 29.2 Å². The zero-order chi connectivity index (χ0) is 16.3. The lowest BCUT2D eigenvalue weighted by atomic mass is 9.88. The van der Waals surface area contributed by atoms with Gasteiger partial charge in [-0.25, -0.2) is 0 Å². The van der Waals surface area contributed by atoms with Gasteiger partial charge in [0.15, 0.2) is 0 Å². The van der Waals surface area contributed by atoms with Gasteiger partial charge in [0.05, 0.1) is 6.42 Å². The normalized spacial score (nSPS) is 12.9. The lowest BCUT2D eigenvalue weighted by Gasteiger charge is -2.17. The van der Waals surface area contributed by atoms with E-state index < -0.39 is 23.8 Å². The second-order valence-corrected chi connectivity index (χ2v) is 5.11. The molecule has 3 nitrogen and oxygen atoms in total. The summed E-state index contributed by atoms with van der Waals surface area (Å²) in [7, 11) is 0. The molecule has 1 aromatic carbocycles. The van der Waals surface area contributed by atoms with E-state index in [1.54, 1.807) is 24.3 Å². The van der Waals surface area contributed by atoms with Gasteiger partial charge >= 0.3 is 12.1 Å². The number of hydrogen-bond donors (Lipinski definition) is 1. The highest BCUT2D eigenvalue weighted by atomic mass is 35.5. The van der Waals surface area contributed by atoms with Crippen molar-refractivity contribution in [3.8, 4) is 0 Å². The molecule has 1 aromatic heterocycles. The van der Waals surface area contributed by atoms with Gasteiger partial charge in [-0.3, -0.25) is 9.78 Å². The van der Waals surface area contributed by atoms with Gasteiger partial charge in [0.25, 0.3) is 0 Å². The standard InChI is InChI=1S/C15H11ClF3NO2/c16-11-3-1-9(2-4-11)12(8-14(21)22)10-5-6-20-13(7-10)15(17,18)19/h1-7,12H,8H2,(H,21,22). The fraction of sp³-hybridized carbons (Fsp3) is 0.200. The summed E-state index contributed by atoms with van der Waals surface area (Å²) in [5, 5.41) is 9.49. The van der Waals surface area contributed by atoms with Crippen LogP contribution in [0.3, 0.4) is 0 Å². The zero-order valence-electron chi connectivity index (χ0n) is 11.1. The number of carboxylic acid groups (broad SMARTS) is 1. The van der Waals surface area contributed by atoms with Crippen molar-refractivity contribution in [2.75, 3.05) is 0 Å². The van der Waals surface area contributed by atoms with E-state index >= 15 is 0 Å². The molecule has 0 radical (unpaired) electrons. The molecule has 1 unspecified atom stereocenters. The van der Waals surface area contributed by atoms with Crippen LogP contribution in [-0.2, 0) is 11.0 Å². The Labute approximate surface area is 129 Å². The first-order chi connectivity index (χ1) is 10.3. The van der Waals surface area contributed by atoms with E-state index in [0.29, 0.717) is 10.6 Å². The van der Waals surface area contributed by atoms with Gasteiger partial charge in [0.1, 0.15) is 5.69 Å². The van der Waals surface area contributed by atoms with Crippen LogP contribution in [0.2, 0.25) is 5.02 Å². The van der Waals surface area contributed by atoms with Gasteiger partial charge in [-0.15, -0.1) is 0 Å². The van der Waals surface area contributed by atoms with Crippen LogP contribution in [0.15, 0.2) is 42.6 Å². The van der Waals surface area contributed by atoms with Crippen molar-refractivity contribution in [2.45, 2.75) is 18.5 Å². The summed E-state index contributed by atoms with van der Waals surface area (Å²) in [5.74, 6) is -1.82. The number of carboxylic acids is 1. The third-order valence-electron chi connectivity index (χ3n) is 3.13. The Morgan fingerprint density at radius 3 is 2.36 bits per heavy atom. The topological polar surface area (TPSA) is 50.2 Å². The van der Waals surface area contributed by atoms with Crippen LogP contribution >= 0.6 is 11.6 Å². The van der Waals surface area contributed by atoms with Crippen molar-refractivity contribution in [3.05, 3.63) is 64.4 Å². The van der Waals surface area contributed by atoms with Gasteiger partial charge in [0, 0.05) is 17.1 Å². The highest BCUT2D eigenvalue weighted by molar-refractivity contribution is 6.30. The number of rotatable bonds is 4. The molecule has 0 saturated carbocycles. The second kappa shape index (κ2) is 6.36. The quantitative estimate of drug-likeness (QED) is 0.906. The fourth-order valence-corrected chi connectivity index (χ4v) is 2.24. The molecule has 22 heavy (non-hydrogen) atoms. The van der Waals surface area contributed by atoms with E-state index in [1.165, 1.54) is 6.07 Å². The van der Waals surface area contributed by atoms with Gasteiger partial charge in [0.2, 0.25) is 0 Å². The van der Waals surface area contributed by atoms with Crippen LogP contribution in [0.25, 0.3) is 0 Å². The smallest absolute Gasteiger partial charge is 0.433 e. The summed E-state index contributed by atoms with van der Waals surface area (Å²) in [6, 6.07) is 8.60. The van der Waals surface area contributed by atoms with Gasteiger partial charge in [-0.2, -0.15) is 13.2 Å². The average molecular weight is 330 g/mol. The minimum atomic E-state index is -4.58. The number of halogens is 4. The highest BCUT2D eigenvalue weighted by Gasteiger charge is 2.33. The summed E-state index contributed by atoms with van der Waals surface area (Å²) in [6.07, 6.45) is -3.88. The van der Waals surface area contributed by atoms with E-state index in [9.17, 15) is 18.0 Å². The third-order valence-corrected chi connectivity index (χ3v) is 3.38. The van der Waals surface area contributed by atoms with Crippen LogP contribution < -0.4 is 0 Å². The summed E-state index contributed by atoms with van der Waals surface area (Å²) in [4.78, 5) is 14.3. The molecule has 0 bridgehead atoms. The second-order valence-electron chi connectivity index (χ2n) is 4.67. The van der Waals surface area contributed by atoms with Crippen molar-refractivity contribution in [1.82, 2.24) is 4.98 Å². The molecule has 2 aromatic rings. The number of carbonyl (C=O) groups is 1. The van der Waals surface area contributed by atoms with Crippen LogP contribution in [0, 0.1) is 0 Å². The zero-order valence-corrected chi connectivity index (χ0v) is 11.9. The number of pyridine rings is 1. The minimum Gasteiger partial charge on any atom is -0.481 e. The first-order valence-electron chi connectivity index (χ1n) is 6.28. The first kappa shape index (κ1) is 16.3. The van der Waals surface area contributed by atoms with Crippen molar-refractivity contribution in [1.29, 1.82) is 0 Å². The molecule has 0 spiro atoms. The summed E-state index contributed by atoms with van der Waals surface area (Å²) in [6.45, 7) is 0. The third kappa shape index (κ3) is 3.98. The Balaban J connectivity index is 2.45. The lowest BCUT2D eigenvalue weighted by molar-refractivity contribution is -0.141. The number of benzene rings is 1. The molecule has 0 saturated heterocycles. The number of nitrogens with zero attached hydrogens (tertiary/aromatic N) is 1. The predicted molar refractivity (Wildman–Crippen MR) is 74.8 cm³/mol. The summed E-state index contributed by atoms with van der Waals surface area (Å²) in [5.41, 5.74) is -0.229. The largest absolute Gasteiger partial charge is 0.481 e. The minimum absolute atomic E-state index is 0.243. The molecular weight excluding hydrogens is 319 g/mol. The van der Waals surface area contributed by atoms with Gasteiger partial charge in [-0.05, 0) is 35.4 Å². The molecule has 0 aliphatic rings. The van der Waals surface area contributed by atoms with Crippen molar-refractivity contribution in [3.63, 3.8) is 0 Å². The molecular formula is C15H11ClF3NO2. The Hall–Kier alpha value is -2.08. The fourth-order valence-electron chi connectivity index (χ4n) is 2.12. The number of alkyl halides is 3. The Bertz CT molecular complexity index is 671. The highest BCUT2D eigenvalue weighted by Crippen LogP contribution is 2.33. The average Bonchev–Trinajstić information content (AvgIpc) is 2.45. The summed E-state index contributed by atoms with van der Waals surface area (Å²) >= 11 is 5.78. The molecule has 1 N–H and O–H groups in total. The number of aromatic nitrogens is 1. The van der Waals surface area contributed by atoms with Crippen molar-refractivity contribution >= 4 is 17.6 Å². The lowest BCUT2D eigenvalue weighted by Crippen LogP contribution is -2.12. The first-order valence-corrected chi connectivity index (χ1v) is 6.65. The molecule has 7 heteroatoms. The van der Waals surface area contributed by atoms with E-state index in [-0.39, 0.29) is 12.0 Å². The van der Waals surface area contributed by atoms with Gasteiger partial charge < -0.3 is 5.11 Å². The van der Waals surface area contributed by atoms with Gasteiger partial charge in [-0.1, -0.05) is 23.7 Å². The predicted octanol–water partition coefficient (Wildman–Crippen LogP) is 4.36. The monoisotopic (exact) mass is 329 g/mol. The Morgan fingerprint density at radius 1 is 1.18 bits per heavy atom. The van der Waals surface area contributed by atoms with Crippen molar-refractivity contribution in [2.24, 2.45) is 0 Å². The molecule has 116 valence electrons. The summed E-state index contributed by atoms with van der Waals surface area (Å²) < 4.78 is 38.3. The Morgan fingerprint density at radius 2 is 1.82 bits per heavy atom. The molecule has 0 amide bonds. The SMILES string of the molecule is O=C(O)CC(c1ccc(Cl)cc1)c1ccnc(C(F)(F)F)c1. The number of hydrogen-bond acceptors (Lipinski definition) is 2. The number of aliphatic carboxylic acids is 1. The van der Waals surface area contributed by atoms with Crippen molar-refractivity contribution < 1.29 is 23.1 Å². The van der Waals surface area contributed by atoms with E-state index in [1.807, 2.05) is 0 Å². The van der Waals surface area contributed by atoms with Crippen LogP contribution in [0.4, 0.5) is 13.2 Å². The van der Waals surface area contributed by atoms with Crippen LogP contribution in [0.5, 0.6) is 0 Å². The molecule has 0 fully saturated rings. The molecule has 1 heterocycles. The molecule has 2 rings (SSSR count). The van der Waals surface area contributed by atoms with E-state index in [0.717, 1.165) is 12.3 Å². The molecule has 0 aliphatic carbocycles. The van der Waals surface area contributed by atoms with Crippen LogP contribution in [-0.4, -0.2) is 16.1 Å². The maximum absolute atomic E-state index is 12.8. The van der Waals surface area contributed by atoms with E-state index in [2.05, 4.69) is 4.98 Å². The maximum Gasteiger partial charge on any atom is 0.433 e. The Kier molecular flexibility index (Phi) is 4.71.